The van der Waals surface area contributed by atoms with Gasteiger partial charge in [-0.2, -0.15) is 5.10 Å². The van der Waals surface area contributed by atoms with Gasteiger partial charge >= 0.3 is 5.69 Å². The number of nitrogens with zero attached hydrogens (tertiary/aromatic N) is 4. The zero-order valence-corrected chi connectivity index (χ0v) is 17.2. The molecule has 2 aromatic heterocycles. The summed E-state index contributed by atoms with van der Waals surface area (Å²) in [4.78, 5) is 17.9. The second-order valence-corrected chi connectivity index (χ2v) is 7.56. The van der Waals surface area contributed by atoms with Gasteiger partial charge in [-0.25, -0.2) is 14.0 Å². The fourth-order valence-electron chi connectivity index (χ4n) is 4.06. The number of hydrogen-bond donors (Lipinski definition) is 1. The fraction of sp³-hybridized carbons (Fsp3) is 0.409. The maximum Gasteiger partial charge on any atom is 0.350 e. The van der Waals surface area contributed by atoms with Crippen LogP contribution in [0.5, 0.6) is 5.75 Å². The highest BCUT2D eigenvalue weighted by Crippen LogP contribution is 2.25. The molecule has 1 N–H and O–H groups in total. The van der Waals surface area contributed by atoms with E-state index in [1.165, 1.54) is 4.68 Å². The Morgan fingerprint density at radius 1 is 1.24 bits per heavy atom. The van der Waals surface area contributed by atoms with E-state index in [0.717, 1.165) is 60.0 Å². The normalized spacial score (nSPS) is 16.7. The van der Waals surface area contributed by atoms with Crippen molar-refractivity contribution >= 4 is 0 Å². The summed E-state index contributed by atoms with van der Waals surface area (Å²) < 4.78 is 8.79. The molecule has 0 spiro atoms. The van der Waals surface area contributed by atoms with Crippen molar-refractivity contribution in [2.45, 2.75) is 39.2 Å². The van der Waals surface area contributed by atoms with E-state index in [9.17, 15) is 4.79 Å². The lowest BCUT2D eigenvalue weighted by Crippen LogP contribution is -2.31. The Kier molecular flexibility index (Phi) is 5.49. The number of ether oxygens (including phenoxy) is 1. The van der Waals surface area contributed by atoms with Gasteiger partial charge in [0.15, 0.2) is 0 Å². The number of benzene rings is 1. The van der Waals surface area contributed by atoms with Crippen LogP contribution in [0.3, 0.4) is 0 Å². The first-order chi connectivity index (χ1) is 14.1. The summed E-state index contributed by atoms with van der Waals surface area (Å²) in [5, 5.41) is 8.20. The van der Waals surface area contributed by atoms with E-state index in [1.807, 2.05) is 44.2 Å². The Labute approximate surface area is 170 Å². The maximum absolute atomic E-state index is 13.4. The predicted molar refractivity (Wildman–Crippen MR) is 112 cm³/mol. The molecule has 1 saturated heterocycles. The third-order valence-electron chi connectivity index (χ3n) is 5.59. The highest BCUT2D eigenvalue weighted by Gasteiger charge is 2.25. The van der Waals surface area contributed by atoms with E-state index < -0.39 is 0 Å². The number of aromatic nitrogens is 4. The lowest BCUT2D eigenvalue weighted by molar-refractivity contribution is 0.406. The molecule has 1 aliphatic rings. The quantitative estimate of drug-likeness (QED) is 0.721. The van der Waals surface area contributed by atoms with E-state index in [4.69, 9.17) is 9.84 Å². The standard InChI is InChI=1S/C22H27N5O2/c1-15-12-24-19(16(2)20(15)29-3)14-26-22(28)27(18-9-5-4-6-10-18)21(25-26)17-8-7-11-23-13-17/h4-6,9-10,12,17,23H,7-8,11,13-14H2,1-3H3/t17-/m0/s1. The Morgan fingerprint density at radius 3 is 2.72 bits per heavy atom. The first-order valence-electron chi connectivity index (χ1n) is 10.0. The highest BCUT2D eigenvalue weighted by molar-refractivity contribution is 5.41. The smallest absolute Gasteiger partial charge is 0.350 e. The molecule has 0 radical (unpaired) electrons. The van der Waals surface area contributed by atoms with Gasteiger partial charge in [0.25, 0.3) is 0 Å². The summed E-state index contributed by atoms with van der Waals surface area (Å²) in [6.45, 7) is 6.10. The minimum atomic E-state index is -0.141. The fourth-order valence-corrected chi connectivity index (χ4v) is 4.06. The molecule has 4 rings (SSSR count). The second kappa shape index (κ2) is 8.21. The van der Waals surface area contributed by atoms with Gasteiger partial charge in [0.2, 0.25) is 0 Å². The molecule has 7 nitrogen and oxygen atoms in total. The first-order valence-corrected chi connectivity index (χ1v) is 10.0. The molecule has 0 aliphatic carbocycles. The van der Waals surface area contributed by atoms with Crippen molar-refractivity contribution in [3.05, 3.63) is 69.7 Å². The van der Waals surface area contributed by atoms with Gasteiger partial charge in [0, 0.05) is 29.8 Å². The summed E-state index contributed by atoms with van der Waals surface area (Å²) >= 11 is 0. The number of nitrogens with one attached hydrogen (secondary N) is 1. The topological polar surface area (TPSA) is 74.0 Å². The summed E-state index contributed by atoms with van der Waals surface area (Å²) in [5.41, 5.74) is 3.41. The first kappa shape index (κ1) is 19.4. The van der Waals surface area contributed by atoms with Gasteiger partial charge in [-0.05, 0) is 45.4 Å². The van der Waals surface area contributed by atoms with E-state index in [-0.39, 0.29) is 11.6 Å². The van der Waals surface area contributed by atoms with Crippen molar-refractivity contribution in [2.75, 3.05) is 20.2 Å². The van der Waals surface area contributed by atoms with E-state index in [0.29, 0.717) is 6.54 Å². The SMILES string of the molecule is COc1c(C)cnc(Cn2nc([C@H]3CCCNC3)n(-c3ccccc3)c2=O)c1C. The zero-order valence-electron chi connectivity index (χ0n) is 17.2. The van der Waals surface area contributed by atoms with Crippen molar-refractivity contribution < 1.29 is 4.74 Å². The van der Waals surface area contributed by atoms with E-state index in [1.54, 1.807) is 17.9 Å². The minimum Gasteiger partial charge on any atom is -0.496 e. The lowest BCUT2D eigenvalue weighted by Gasteiger charge is -2.22. The molecule has 1 aromatic carbocycles. The number of aryl methyl sites for hydroxylation is 1. The molecule has 0 amide bonds. The molecule has 152 valence electrons. The van der Waals surface area contributed by atoms with Crippen LogP contribution in [-0.2, 0) is 6.54 Å². The molecular weight excluding hydrogens is 366 g/mol. The molecule has 3 aromatic rings. The number of piperidine rings is 1. The largest absolute Gasteiger partial charge is 0.496 e. The Balaban J connectivity index is 1.79. The average Bonchev–Trinajstić information content (AvgIpc) is 3.08. The number of methoxy groups -OCH3 is 1. The third-order valence-corrected chi connectivity index (χ3v) is 5.59. The summed E-state index contributed by atoms with van der Waals surface area (Å²) in [5.74, 6) is 1.83. The minimum absolute atomic E-state index is 0.141. The Hall–Kier alpha value is -2.93. The van der Waals surface area contributed by atoms with Gasteiger partial charge in [0.05, 0.1) is 25.0 Å². The van der Waals surface area contributed by atoms with Crippen LogP contribution in [-0.4, -0.2) is 39.5 Å². The molecule has 1 atom stereocenters. The molecule has 3 heterocycles. The van der Waals surface area contributed by atoms with Crippen LogP contribution >= 0.6 is 0 Å². The summed E-state index contributed by atoms with van der Waals surface area (Å²) in [7, 11) is 1.66. The van der Waals surface area contributed by atoms with Crippen molar-refractivity contribution in [1.29, 1.82) is 0 Å². The van der Waals surface area contributed by atoms with Crippen LogP contribution in [0, 0.1) is 13.8 Å². The van der Waals surface area contributed by atoms with Crippen LogP contribution in [0.25, 0.3) is 5.69 Å². The van der Waals surface area contributed by atoms with E-state index in [2.05, 4.69) is 10.3 Å². The van der Waals surface area contributed by atoms with Crippen molar-refractivity contribution in [3.63, 3.8) is 0 Å². The average molecular weight is 393 g/mol. The predicted octanol–water partition coefficient (Wildman–Crippen LogP) is 2.57. The van der Waals surface area contributed by atoms with Crippen molar-refractivity contribution in [3.8, 4) is 11.4 Å². The second-order valence-electron chi connectivity index (χ2n) is 7.56. The van der Waals surface area contributed by atoms with E-state index >= 15 is 0 Å². The van der Waals surface area contributed by atoms with Gasteiger partial charge in [-0.15, -0.1) is 0 Å². The molecule has 0 saturated carbocycles. The number of para-hydroxylation sites is 1. The monoisotopic (exact) mass is 393 g/mol. The highest BCUT2D eigenvalue weighted by atomic mass is 16.5. The summed E-state index contributed by atoms with van der Waals surface area (Å²) in [6, 6.07) is 9.74. The molecule has 0 unspecified atom stereocenters. The molecular formula is C22H27N5O2. The lowest BCUT2D eigenvalue weighted by atomic mass is 9.99. The Bertz CT molecular complexity index is 1050. The maximum atomic E-state index is 13.4. The molecule has 29 heavy (non-hydrogen) atoms. The van der Waals surface area contributed by atoms with Crippen LogP contribution in [0.2, 0.25) is 0 Å². The molecule has 7 heteroatoms. The number of pyridine rings is 1. The van der Waals surface area contributed by atoms with Crippen molar-refractivity contribution in [2.24, 2.45) is 0 Å². The van der Waals surface area contributed by atoms with Gasteiger partial charge < -0.3 is 10.1 Å². The zero-order chi connectivity index (χ0) is 20.4. The van der Waals surface area contributed by atoms with Crippen molar-refractivity contribution in [1.82, 2.24) is 24.6 Å². The number of hydrogen-bond acceptors (Lipinski definition) is 5. The van der Waals surface area contributed by atoms with Gasteiger partial charge in [-0.3, -0.25) is 4.98 Å². The number of rotatable bonds is 5. The molecule has 1 fully saturated rings. The van der Waals surface area contributed by atoms with Crippen LogP contribution in [0.1, 0.15) is 41.4 Å². The van der Waals surface area contributed by atoms with Crippen LogP contribution < -0.4 is 15.7 Å². The van der Waals surface area contributed by atoms with Crippen LogP contribution in [0.4, 0.5) is 0 Å². The summed E-state index contributed by atoms with van der Waals surface area (Å²) in [6.07, 6.45) is 3.88. The van der Waals surface area contributed by atoms with Gasteiger partial charge in [0.1, 0.15) is 11.6 Å². The van der Waals surface area contributed by atoms with Gasteiger partial charge in [-0.1, -0.05) is 18.2 Å². The molecule has 0 bridgehead atoms. The van der Waals surface area contributed by atoms with Crippen LogP contribution in [0.15, 0.2) is 41.3 Å². The third kappa shape index (κ3) is 3.70. The Morgan fingerprint density at radius 2 is 2.03 bits per heavy atom. The molecule has 1 aliphatic heterocycles.